The number of hydrogen-bond acceptors (Lipinski definition) is 3. The molecule has 0 saturated carbocycles. The van der Waals surface area contributed by atoms with Gasteiger partial charge in [-0.25, -0.2) is 4.39 Å². The van der Waals surface area contributed by atoms with Gasteiger partial charge in [-0.15, -0.1) is 0 Å². The second kappa shape index (κ2) is 9.41. The SMILES string of the molecule is C=CNCc1ccccc1F.CCc1ccc(N)c(C(C)=N)c1. The van der Waals surface area contributed by atoms with Crippen molar-refractivity contribution < 1.29 is 4.39 Å². The van der Waals surface area contributed by atoms with Crippen LogP contribution in [0.2, 0.25) is 0 Å². The minimum atomic E-state index is -0.179. The summed E-state index contributed by atoms with van der Waals surface area (Å²) in [6.45, 7) is 7.81. The number of anilines is 1. The molecule has 0 amide bonds. The molecule has 23 heavy (non-hydrogen) atoms. The van der Waals surface area contributed by atoms with Crippen LogP contribution in [0.15, 0.2) is 55.2 Å². The number of nitrogens with two attached hydrogens (primary N) is 1. The minimum Gasteiger partial charge on any atom is -0.398 e. The number of nitrogens with one attached hydrogen (secondary N) is 2. The van der Waals surface area contributed by atoms with Gasteiger partial charge < -0.3 is 16.5 Å². The van der Waals surface area contributed by atoms with Crippen LogP contribution in [0.25, 0.3) is 0 Å². The van der Waals surface area contributed by atoms with Crippen LogP contribution in [0.4, 0.5) is 10.1 Å². The zero-order chi connectivity index (χ0) is 17.2. The highest BCUT2D eigenvalue weighted by Crippen LogP contribution is 2.14. The third-order valence-electron chi connectivity index (χ3n) is 3.32. The smallest absolute Gasteiger partial charge is 0.128 e. The largest absolute Gasteiger partial charge is 0.398 e. The fraction of sp³-hybridized carbons (Fsp3) is 0.211. The molecule has 0 radical (unpaired) electrons. The number of halogens is 1. The van der Waals surface area contributed by atoms with Crippen molar-refractivity contribution in [1.29, 1.82) is 5.41 Å². The molecular weight excluding hydrogens is 289 g/mol. The summed E-state index contributed by atoms with van der Waals surface area (Å²) in [7, 11) is 0. The third-order valence-corrected chi connectivity index (χ3v) is 3.32. The monoisotopic (exact) mass is 313 g/mol. The lowest BCUT2D eigenvalue weighted by molar-refractivity contribution is 0.604. The van der Waals surface area contributed by atoms with Crippen LogP contribution in [-0.2, 0) is 13.0 Å². The Labute approximate surface area is 137 Å². The zero-order valence-electron chi connectivity index (χ0n) is 13.7. The summed E-state index contributed by atoms with van der Waals surface area (Å²) in [4.78, 5) is 0. The molecule has 0 fully saturated rings. The zero-order valence-corrected chi connectivity index (χ0v) is 13.7. The van der Waals surface area contributed by atoms with E-state index in [1.807, 2.05) is 24.3 Å². The Morgan fingerprint density at radius 3 is 2.57 bits per heavy atom. The first-order chi connectivity index (χ1) is 11.0. The molecular formula is C19H24FN3. The number of benzene rings is 2. The average Bonchev–Trinajstić information content (AvgIpc) is 2.55. The molecule has 3 nitrogen and oxygen atoms in total. The van der Waals surface area contributed by atoms with Crippen molar-refractivity contribution >= 4 is 11.4 Å². The molecule has 0 aliphatic rings. The van der Waals surface area contributed by atoms with E-state index in [4.69, 9.17) is 11.1 Å². The second-order valence-corrected chi connectivity index (χ2v) is 5.08. The van der Waals surface area contributed by atoms with Crippen molar-refractivity contribution in [2.75, 3.05) is 5.73 Å². The molecule has 4 heteroatoms. The lowest BCUT2D eigenvalue weighted by atomic mass is 10.0. The normalized spacial score (nSPS) is 9.52. The molecule has 2 aromatic carbocycles. The highest BCUT2D eigenvalue weighted by molar-refractivity contribution is 6.01. The Hall–Kier alpha value is -2.62. The van der Waals surface area contributed by atoms with E-state index >= 15 is 0 Å². The van der Waals surface area contributed by atoms with E-state index in [-0.39, 0.29) is 5.82 Å². The second-order valence-electron chi connectivity index (χ2n) is 5.08. The van der Waals surface area contributed by atoms with Gasteiger partial charge >= 0.3 is 0 Å². The molecule has 0 bridgehead atoms. The minimum absolute atomic E-state index is 0.179. The van der Waals surface area contributed by atoms with Gasteiger partial charge in [-0.2, -0.15) is 0 Å². The van der Waals surface area contributed by atoms with E-state index in [2.05, 4.69) is 18.8 Å². The Bertz CT molecular complexity index is 665. The highest BCUT2D eigenvalue weighted by Gasteiger charge is 2.01. The van der Waals surface area contributed by atoms with E-state index in [0.717, 1.165) is 12.0 Å². The quantitative estimate of drug-likeness (QED) is 0.570. The molecule has 0 aromatic heterocycles. The van der Waals surface area contributed by atoms with Crippen molar-refractivity contribution in [2.24, 2.45) is 0 Å². The van der Waals surface area contributed by atoms with Crippen molar-refractivity contribution in [1.82, 2.24) is 5.32 Å². The Kier molecular flexibility index (Phi) is 7.54. The van der Waals surface area contributed by atoms with Crippen molar-refractivity contribution in [3.8, 4) is 0 Å². The predicted octanol–water partition coefficient (Wildman–Crippen LogP) is 4.28. The number of aryl methyl sites for hydroxylation is 1. The summed E-state index contributed by atoms with van der Waals surface area (Å²) in [6.07, 6.45) is 2.53. The van der Waals surface area contributed by atoms with Crippen molar-refractivity contribution in [3.63, 3.8) is 0 Å². The molecule has 0 saturated heterocycles. The standard InChI is InChI=1S/C10H14N2.C9H10FN/c1-3-8-4-5-10(12)9(6-8)7(2)11;1-2-11-7-8-5-3-4-6-9(8)10/h4-6,11H,3,12H2,1-2H3;2-6,11H,1,7H2. The van der Waals surface area contributed by atoms with Gasteiger partial charge in [0.25, 0.3) is 0 Å². The first-order valence-electron chi connectivity index (χ1n) is 7.51. The summed E-state index contributed by atoms with van der Waals surface area (Å²) in [5, 5.41) is 10.3. The van der Waals surface area contributed by atoms with E-state index in [9.17, 15) is 4.39 Å². The maximum atomic E-state index is 12.8. The summed E-state index contributed by atoms with van der Waals surface area (Å²) < 4.78 is 12.8. The van der Waals surface area contributed by atoms with E-state index < -0.39 is 0 Å². The molecule has 0 aliphatic heterocycles. The van der Waals surface area contributed by atoms with Gasteiger partial charge in [-0.05, 0) is 43.3 Å². The molecule has 0 atom stereocenters. The number of rotatable bonds is 5. The first kappa shape index (κ1) is 18.4. The molecule has 0 heterocycles. The van der Waals surface area contributed by atoms with E-state index in [1.54, 1.807) is 25.3 Å². The molecule has 4 N–H and O–H groups in total. The Balaban J connectivity index is 0.000000231. The van der Waals surface area contributed by atoms with Crippen LogP contribution >= 0.6 is 0 Å². The molecule has 0 unspecified atom stereocenters. The number of nitrogen functional groups attached to an aromatic ring is 1. The van der Waals surface area contributed by atoms with E-state index in [1.165, 1.54) is 11.6 Å². The van der Waals surface area contributed by atoms with Crippen LogP contribution in [0.5, 0.6) is 0 Å². The van der Waals surface area contributed by atoms with Gasteiger partial charge in [0.15, 0.2) is 0 Å². The predicted molar refractivity (Wildman–Crippen MR) is 96.2 cm³/mol. The van der Waals surface area contributed by atoms with Crippen LogP contribution < -0.4 is 11.1 Å². The van der Waals surface area contributed by atoms with Crippen LogP contribution in [0.1, 0.15) is 30.5 Å². The van der Waals surface area contributed by atoms with Crippen molar-refractivity contribution in [2.45, 2.75) is 26.8 Å². The highest BCUT2D eigenvalue weighted by atomic mass is 19.1. The fourth-order valence-corrected chi connectivity index (χ4v) is 1.97. The maximum Gasteiger partial charge on any atom is 0.128 e. The summed E-state index contributed by atoms with van der Waals surface area (Å²) in [5.74, 6) is -0.179. The lowest BCUT2D eigenvalue weighted by Crippen LogP contribution is -2.05. The first-order valence-corrected chi connectivity index (χ1v) is 7.51. The topological polar surface area (TPSA) is 61.9 Å². The van der Waals surface area contributed by atoms with Crippen LogP contribution in [0.3, 0.4) is 0 Å². The van der Waals surface area contributed by atoms with Gasteiger partial charge in [0.2, 0.25) is 0 Å². The summed E-state index contributed by atoms with van der Waals surface area (Å²) in [5.41, 5.74) is 9.67. The molecule has 2 aromatic rings. The van der Waals surface area contributed by atoms with Crippen molar-refractivity contribution in [3.05, 3.63) is 77.8 Å². The summed E-state index contributed by atoms with van der Waals surface area (Å²) in [6, 6.07) is 12.5. The maximum absolute atomic E-state index is 12.8. The van der Waals surface area contributed by atoms with Gasteiger partial charge in [-0.1, -0.05) is 37.8 Å². The van der Waals surface area contributed by atoms with Gasteiger partial charge in [-0.3, -0.25) is 0 Å². The van der Waals surface area contributed by atoms with Crippen LogP contribution in [-0.4, -0.2) is 5.71 Å². The molecule has 2 rings (SSSR count). The van der Waals surface area contributed by atoms with Gasteiger partial charge in [0, 0.05) is 29.1 Å². The average molecular weight is 313 g/mol. The third kappa shape index (κ3) is 5.94. The molecule has 0 aliphatic carbocycles. The Morgan fingerprint density at radius 1 is 1.30 bits per heavy atom. The van der Waals surface area contributed by atoms with Gasteiger partial charge in [0.1, 0.15) is 5.82 Å². The van der Waals surface area contributed by atoms with E-state index in [0.29, 0.717) is 23.5 Å². The molecule has 0 spiro atoms. The Morgan fingerprint density at radius 2 is 2.00 bits per heavy atom. The fourth-order valence-electron chi connectivity index (χ4n) is 1.97. The summed E-state index contributed by atoms with van der Waals surface area (Å²) >= 11 is 0. The van der Waals surface area contributed by atoms with Crippen LogP contribution in [0, 0.1) is 11.2 Å². The number of hydrogen-bond donors (Lipinski definition) is 3. The molecule has 122 valence electrons. The lowest BCUT2D eigenvalue weighted by Gasteiger charge is -2.05. The van der Waals surface area contributed by atoms with Gasteiger partial charge in [0.05, 0.1) is 0 Å².